The van der Waals surface area contributed by atoms with Gasteiger partial charge in [0.05, 0.1) is 13.2 Å². The molecule has 0 aliphatic carbocycles. The van der Waals surface area contributed by atoms with Crippen LogP contribution >= 0.6 is 0 Å². The molecular formula is C21H27N5O2. The van der Waals surface area contributed by atoms with Gasteiger partial charge in [-0.1, -0.05) is 18.2 Å². The summed E-state index contributed by atoms with van der Waals surface area (Å²) in [5.41, 5.74) is 11.2. The maximum Gasteiger partial charge on any atom is 0.286 e. The minimum absolute atomic E-state index is 0.0887. The normalized spacial score (nSPS) is 18.9. The molecule has 2 aliphatic rings. The lowest BCUT2D eigenvalue weighted by atomic mass is 10.0. The third kappa shape index (κ3) is 3.86. The number of rotatable bonds is 5. The van der Waals surface area contributed by atoms with E-state index in [1.807, 2.05) is 13.8 Å². The second kappa shape index (κ2) is 7.85. The molecule has 4 rings (SSSR count). The van der Waals surface area contributed by atoms with E-state index in [9.17, 15) is 4.79 Å². The number of nitrogens with two attached hydrogens (primary N) is 1. The summed E-state index contributed by atoms with van der Waals surface area (Å²) in [7, 11) is 0. The number of primary amides is 1. The summed E-state index contributed by atoms with van der Waals surface area (Å²) in [5, 5.41) is 3.66. The van der Waals surface area contributed by atoms with Crippen molar-refractivity contribution in [1.82, 2.24) is 15.3 Å². The average molecular weight is 381 g/mol. The zero-order valence-corrected chi connectivity index (χ0v) is 16.5. The largest absolute Gasteiger partial charge is 0.376 e. The van der Waals surface area contributed by atoms with Crippen LogP contribution in [0.15, 0.2) is 18.2 Å². The number of hydrogen-bond donors (Lipinski definition) is 2. The molecule has 1 saturated heterocycles. The van der Waals surface area contributed by atoms with Crippen LogP contribution in [0.5, 0.6) is 0 Å². The Balaban J connectivity index is 1.40. The molecule has 7 heteroatoms. The first-order valence-corrected chi connectivity index (χ1v) is 9.83. The maximum absolute atomic E-state index is 11.5. The van der Waals surface area contributed by atoms with Crippen molar-refractivity contribution in [1.29, 1.82) is 0 Å². The predicted molar refractivity (Wildman–Crippen MR) is 107 cm³/mol. The van der Waals surface area contributed by atoms with E-state index in [0.29, 0.717) is 6.04 Å². The number of carbonyl (C=O) groups excluding carboxylic acids is 1. The van der Waals surface area contributed by atoms with Crippen LogP contribution in [0.1, 0.15) is 45.0 Å². The molecule has 2 aliphatic heterocycles. The molecule has 3 N–H and O–H groups in total. The Morgan fingerprint density at radius 1 is 1.32 bits per heavy atom. The molecule has 3 heterocycles. The first kappa shape index (κ1) is 18.8. The molecule has 2 aromatic rings. The fraction of sp³-hybridized carbons (Fsp3) is 0.476. The lowest BCUT2D eigenvalue weighted by molar-refractivity contribution is 0.0990. The number of anilines is 1. The van der Waals surface area contributed by atoms with Gasteiger partial charge in [0.1, 0.15) is 5.82 Å². The van der Waals surface area contributed by atoms with Crippen LogP contribution in [0.2, 0.25) is 0 Å². The van der Waals surface area contributed by atoms with E-state index in [2.05, 4.69) is 38.4 Å². The highest BCUT2D eigenvalue weighted by atomic mass is 16.5. The van der Waals surface area contributed by atoms with Crippen LogP contribution in [0.3, 0.4) is 0 Å². The summed E-state index contributed by atoms with van der Waals surface area (Å²) >= 11 is 0. The number of fused-ring (bicyclic) bond motifs is 1. The highest BCUT2D eigenvalue weighted by Gasteiger charge is 2.26. The third-order valence-electron chi connectivity index (χ3n) is 5.71. The monoisotopic (exact) mass is 381 g/mol. The topological polar surface area (TPSA) is 93.4 Å². The molecule has 7 nitrogen and oxygen atoms in total. The van der Waals surface area contributed by atoms with Crippen molar-refractivity contribution in [3.63, 3.8) is 0 Å². The van der Waals surface area contributed by atoms with E-state index in [1.165, 1.54) is 16.7 Å². The first-order chi connectivity index (χ1) is 13.5. The zero-order valence-electron chi connectivity index (χ0n) is 16.5. The van der Waals surface area contributed by atoms with Gasteiger partial charge in [0.25, 0.3) is 5.91 Å². The number of aromatic nitrogens is 2. The van der Waals surface area contributed by atoms with Crippen LogP contribution < -0.4 is 16.0 Å². The average Bonchev–Trinajstić information content (AvgIpc) is 3.17. The van der Waals surface area contributed by atoms with Gasteiger partial charge in [-0.05, 0) is 43.4 Å². The summed E-state index contributed by atoms with van der Waals surface area (Å²) in [4.78, 5) is 22.3. The Morgan fingerprint density at radius 3 is 3.00 bits per heavy atom. The second-order valence-electron chi connectivity index (χ2n) is 7.66. The lowest BCUT2D eigenvalue weighted by Crippen LogP contribution is -2.33. The van der Waals surface area contributed by atoms with Gasteiger partial charge < -0.3 is 20.7 Å². The molecule has 0 radical (unpaired) electrons. The van der Waals surface area contributed by atoms with Gasteiger partial charge >= 0.3 is 0 Å². The summed E-state index contributed by atoms with van der Waals surface area (Å²) in [6, 6.07) is 7.07. The molecule has 0 bridgehead atoms. The minimum atomic E-state index is -0.588. The molecule has 1 amide bonds. The fourth-order valence-electron chi connectivity index (χ4n) is 3.94. The molecule has 0 saturated carbocycles. The van der Waals surface area contributed by atoms with Crippen molar-refractivity contribution in [3.8, 4) is 0 Å². The highest BCUT2D eigenvalue weighted by molar-refractivity contribution is 5.89. The van der Waals surface area contributed by atoms with Gasteiger partial charge in [-0.2, -0.15) is 0 Å². The molecule has 0 unspecified atom stereocenters. The Morgan fingerprint density at radius 2 is 2.18 bits per heavy atom. The van der Waals surface area contributed by atoms with E-state index in [1.54, 1.807) is 0 Å². The number of hydrogen-bond acceptors (Lipinski definition) is 6. The van der Waals surface area contributed by atoms with Crippen LogP contribution in [-0.2, 0) is 24.3 Å². The van der Waals surface area contributed by atoms with Crippen LogP contribution in [0.4, 0.5) is 5.82 Å². The van der Waals surface area contributed by atoms with Gasteiger partial charge in [-0.15, -0.1) is 0 Å². The Hall–Kier alpha value is -2.51. The SMILES string of the molecule is Cc1nc(C(N)=O)nc(N2CC[C@@H](NCc3ccc4c(c3)COCC4)C2)c1C. The van der Waals surface area contributed by atoms with Crippen molar-refractivity contribution in [3.05, 3.63) is 52.0 Å². The quantitative estimate of drug-likeness (QED) is 0.818. The maximum atomic E-state index is 11.5. The van der Waals surface area contributed by atoms with Crippen LogP contribution in [0.25, 0.3) is 0 Å². The third-order valence-corrected chi connectivity index (χ3v) is 5.71. The number of aryl methyl sites for hydroxylation is 1. The van der Waals surface area contributed by atoms with Gasteiger partial charge in [0.15, 0.2) is 0 Å². The van der Waals surface area contributed by atoms with Crippen molar-refractivity contribution in [2.75, 3.05) is 24.6 Å². The summed E-state index contributed by atoms with van der Waals surface area (Å²) < 4.78 is 5.57. The van der Waals surface area contributed by atoms with Crippen molar-refractivity contribution >= 4 is 11.7 Å². The molecule has 1 aromatic carbocycles. The lowest BCUT2D eigenvalue weighted by Gasteiger charge is -2.21. The molecule has 1 fully saturated rings. The number of amides is 1. The molecule has 28 heavy (non-hydrogen) atoms. The van der Waals surface area contributed by atoms with Crippen LogP contribution in [-0.4, -0.2) is 41.6 Å². The van der Waals surface area contributed by atoms with Crippen LogP contribution in [0, 0.1) is 13.8 Å². The van der Waals surface area contributed by atoms with E-state index in [4.69, 9.17) is 10.5 Å². The van der Waals surface area contributed by atoms with E-state index < -0.39 is 5.91 Å². The number of nitrogens with zero attached hydrogens (tertiary/aromatic N) is 3. The van der Waals surface area contributed by atoms with E-state index in [-0.39, 0.29) is 5.82 Å². The fourth-order valence-corrected chi connectivity index (χ4v) is 3.94. The second-order valence-corrected chi connectivity index (χ2v) is 7.66. The number of nitrogens with one attached hydrogen (secondary N) is 1. The van der Waals surface area contributed by atoms with Gasteiger partial charge in [0.2, 0.25) is 5.82 Å². The van der Waals surface area contributed by atoms with E-state index >= 15 is 0 Å². The molecule has 148 valence electrons. The Kier molecular flexibility index (Phi) is 5.28. The minimum Gasteiger partial charge on any atom is -0.376 e. The Labute approximate surface area is 165 Å². The number of ether oxygens (including phenoxy) is 1. The van der Waals surface area contributed by atoms with Gasteiger partial charge in [-0.3, -0.25) is 4.79 Å². The number of carbonyl (C=O) groups is 1. The highest BCUT2D eigenvalue weighted by Crippen LogP contribution is 2.24. The summed E-state index contributed by atoms with van der Waals surface area (Å²) in [6.45, 7) is 8.00. The van der Waals surface area contributed by atoms with Crippen molar-refractivity contribution in [2.45, 2.75) is 45.9 Å². The predicted octanol–water partition coefficient (Wildman–Crippen LogP) is 1.63. The first-order valence-electron chi connectivity index (χ1n) is 9.83. The molecule has 1 aromatic heterocycles. The number of benzene rings is 1. The van der Waals surface area contributed by atoms with E-state index in [0.717, 1.165) is 62.8 Å². The van der Waals surface area contributed by atoms with Crippen molar-refractivity contribution < 1.29 is 9.53 Å². The molecule has 1 atom stereocenters. The molecule has 0 spiro atoms. The smallest absolute Gasteiger partial charge is 0.286 e. The van der Waals surface area contributed by atoms with Gasteiger partial charge in [0, 0.05) is 36.9 Å². The summed E-state index contributed by atoms with van der Waals surface area (Å²) in [6.07, 6.45) is 2.04. The zero-order chi connectivity index (χ0) is 19.7. The molecular weight excluding hydrogens is 354 g/mol. The van der Waals surface area contributed by atoms with Gasteiger partial charge in [-0.25, -0.2) is 9.97 Å². The summed E-state index contributed by atoms with van der Waals surface area (Å²) in [5.74, 6) is 0.317. The van der Waals surface area contributed by atoms with Crippen molar-refractivity contribution in [2.24, 2.45) is 5.73 Å². The Bertz CT molecular complexity index is 899. The standard InChI is InChI=1S/C21H27N5O2/c1-13-14(2)24-20(19(22)27)25-21(13)26-7-5-18(11-26)23-10-15-3-4-16-6-8-28-12-17(16)9-15/h3-4,9,18,23H,5-8,10-12H2,1-2H3,(H2,22,27)/t18-/m1/s1.